The second-order valence-corrected chi connectivity index (χ2v) is 6.73. The van der Waals surface area contributed by atoms with Crippen LogP contribution in [-0.2, 0) is 11.3 Å². The molecule has 0 radical (unpaired) electrons. The largest absolute Gasteiger partial charge is 0.465 e. The van der Waals surface area contributed by atoms with E-state index in [0.717, 1.165) is 39.0 Å². The van der Waals surface area contributed by atoms with Crippen molar-refractivity contribution in [3.63, 3.8) is 0 Å². The molecule has 23 heavy (non-hydrogen) atoms. The number of likely N-dealkylation sites (tertiary alicyclic amines) is 1. The summed E-state index contributed by atoms with van der Waals surface area (Å²) < 4.78 is 5.16. The number of rotatable bonds is 6. The summed E-state index contributed by atoms with van der Waals surface area (Å²) in [5.74, 6) is 1.22. The quantitative estimate of drug-likeness (QED) is 0.826. The summed E-state index contributed by atoms with van der Waals surface area (Å²) in [5, 5.41) is 7.34. The van der Waals surface area contributed by atoms with Crippen LogP contribution in [0.2, 0.25) is 0 Å². The minimum Gasteiger partial charge on any atom is -0.465 e. The molecule has 2 aromatic rings. The molecule has 3 rings (SSSR count). The van der Waals surface area contributed by atoms with Gasteiger partial charge in [-0.3, -0.25) is 9.69 Å². The average molecular weight is 330 g/mol. The van der Waals surface area contributed by atoms with Crippen molar-refractivity contribution in [3.8, 4) is 0 Å². The van der Waals surface area contributed by atoms with E-state index < -0.39 is 0 Å². The number of hydrogen-bond donors (Lipinski definition) is 1. The predicted octanol–water partition coefficient (Wildman–Crippen LogP) is 3.38. The highest BCUT2D eigenvalue weighted by Gasteiger charge is 2.19. The lowest BCUT2D eigenvalue weighted by Gasteiger charge is -2.31. The molecule has 4 nitrogen and oxygen atoms in total. The molecule has 0 spiro atoms. The molecule has 0 saturated carbocycles. The Bertz CT molecular complexity index is 612. The van der Waals surface area contributed by atoms with Crippen molar-refractivity contribution in [1.82, 2.24) is 10.2 Å². The van der Waals surface area contributed by atoms with Crippen molar-refractivity contribution in [1.29, 1.82) is 0 Å². The topological polar surface area (TPSA) is 45.5 Å². The van der Waals surface area contributed by atoms with Crippen molar-refractivity contribution >= 4 is 23.3 Å². The van der Waals surface area contributed by atoms with E-state index in [-0.39, 0.29) is 5.91 Å². The number of furan rings is 1. The van der Waals surface area contributed by atoms with Crippen LogP contribution in [0.3, 0.4) is 0 Å². The first-order chi connectivity index (χ1) is 11.3. The number of hydrogen-bond acceptors (Lipinski definition) is 4. The number of carbonyl (C=O) groups excluding carboxylic acids is 1. The first kappa shape index (κ1) is 16.0. The minimum atomic E-state index is -0.0536. The number of piperidine rings is 1. The van der Waals surface area contributed by atoms with Gasteiger partial charge >= 0.3 is 0 Å². The van der Waals surface area contributed by atoms with Gasteiger partial charge < -0.3 is 9.73 Å². The lowest BCUT2D eigenvalue weighted by atomic mass is 9.96. The van der Waals surface area contributed by atoms with Gasteiger partial charge in [-0.25, -0.2) is 0 Å². The standard InChI is InChI=1S/C18H22N2O2S/c21-18(4-3-17-2-1-10-22-17)19-12-15-5-8-20(9-6-15)13-16-7-11-23-14-16/h1-4,7,10-11,14-15H,5-6,8-9,12-13H2,(H,19,21). The first-order valence-corrected chi connectivity index (χ1v) is 8.97. The summed E-state index contributed by atoms with van der Waals surface area (Å²) >= 11 is 1.76. The van der Waals surface area contributed by atoms with Crippen LogP contribution in [0.25, 0.3) is 6.08 Å². The van der Waals surface area contributed by atoms with Gasteiger partial charge in [-0.15, -0.1) is 0 Å². The molecule has 3 heterocycles. The maximum atomic E-state index is 11.8. The molecule has 0 unspecified atom stereocenters. The van der Waals surface area contributed by atoms with Crippen LogP contribution < -0.4 is 5.32 Å². The van der Waals surface area contributed by atoms with Crippen LogP contribution in [0.15, 0.2) is 45.7 Å². The Morgan fingerprint density at radius 1 is 1.39 bits per heavy atom. The molecule has 1 amide bonds. The highest BCUT2D eigenvalue weighted by Crippen LogP contribution is 2.19. The van der Waals surface area contributed by atoms with Crippen LogP contribution in [0.4, 0.5) is 0 Å². The lowest BCUT2D eigenvalue weighted by Crippen LogP contribution is -2.37. The van der Waals surface area contributed by atoms with Crippen molar-refractivity contribution in [2.45, 2.75) is 19.4 Å². The van der Waals surface area contributed by atoms with E-state index in [9.17, 15) is 4.79 Å². The summed E-state index contributed by atoms with van der Waals surface area (Å²) in [5.41, 5.74) is 1.41. The van der Waals surface area contributed by atoms with E-state index in [2.05, 4.69) is 27.0 Å². The third kappa shape index (κ3) is 5.08. The van der Waals surface area contributed by atoms with Crippen molar-refractivity contribution < 1.29 is 9.21 Å². The number of amides is 1. The third-order valence-electron chi connectivity index (χ3n) is 4.20. The maximum Gasteiger partial charge on any atom is 0.244 e. The van der Waals surface area contributed by atoms with E-state index in [1.807, 2.05) is 12.1 Å². The molecule has 0 atom stereocenters. The second kappa shape index (κ2) is 8.13. The summed E-state index contributed by atoms with van der Waals surface area (Å²) in [6, 6.07) is 5.83. The highest BCUT2D eigenvalue weighted by molar-refractivity contribution is 7.07. The van der Waals surface area contributed by atoms with E-state index in [1.54, 1.807) is 23.7 Å². The van der Waals surface area contributed by atoms with Gasteiger partial charge in [-0.2, -0.15) is 11.3 Å². The Balaban J connectivity index is 1.35. The molecule has 1 N–H and O–H groups in total. The average Bonchev–Trinajstić information content (AvgIpc) is 3.26. The van der Waals surface area contributed by atoms with Crippen molar-refractivity contribution in [3.05, 3.63) is 52.6 Å². The van der Waals surface area contributed by atoms with Crippen molar-refractivity contribution in [2.75, 3.05) is 19.6 Å². The first-order valence-electron chi connectivity index (χ1n) is 8.02. The van der Waals surface area contributed by atoms with E-state index >= 15 is 0 Å². The van der Waals surface area contributed by atoms with Gasteiger partial charge in [0, 0.05) is 19.2 Å². The zero-order valence-corrected chi connectivity index (χ0v) is 13.9. The highest BCUT2D eigenvalue weighted by atomic mass is 32.1. The van der Waals surface area contributed by atoms with Crippen LogP contribution in [-0.4, -0.2) is 30.4 Å². The number of carbonyl (C=O) groups is 1. The summed E-state index contributed by atoms with van der Waals surface area (Å²) in [6.07, 6.45) is 7.11. The smallest absolute Gasteiger partial charge is 0.244 e. The SMILES string of the molecule is O=C(C=Cc1ccco1)NCC1CCN(Cc2ccsc2)CC1. The molecule has 0 aliphatic carbocycles. The zero-order chi connectivity index (χ0) is 15.9. The monoisotopic (exact) mass is 330 g/mol. The number of thiophene rings is 1. The number of nitrogens with one attached hydrogen (secondary N) is 1. The van der Waals surface area contributed by atoms with Crippen LogP contribution in [0.5, 0.6) is 0 Å². The molecular weight excluding hydrogens is 308 g/mol. The van der Waals surface area contributed by atoms with Gasteiger partial charge in [0.2, 0.25) is 5.91 Å². The van der Waals surface area contributed by atoms with Gasteiger partial charge in [-0.05, 0) is 72.4 Å². The maximum absolute atomic E-state index is 11.8. The third-order valence-corrected chi connectivity index (χ3v) is 4.93. The normalized spacial score (nSPS) is 16.9. The van der Waals surface area contributed by atoms with Gasteiger partial charge in [0.05, 0.1) is 6.26 Å². The molecule has 0 aromatic carbocycles. The van der Waals surface area contributed by atoms with Gasteiger partial charge in [0.15, 0.2) is 0 Å². The van der Waals surface area contributed by atoms with Crippen LogP contribution >= 0.6 is 11.3 Å². The minimum absolute atomic E-state index is 0.0536. The summed E-state index contributed by atoms with van der Waals surface area (Å²) in [6.45, 7) is 4.03. The molecule has 122 valence electrons. The zero-order valence-electron chi connectivity index (χ0n) is 13.1. The van der Waals surface area contributed by atoms with E-state index in [4.69, 9.17) is 4.42 Å². The molecule has 5 heteroatoms. The Labute approximate surface area is 140 Å². The van der Waals surface area contributed by atoms with Gasteiger partial charge in [0.25, 0.3) is 0 Å². The van der Waals surface area contributed by atoms with E-state index in [1.165, 1.54) is 11.6 Å². The molecule has 1 aliphatic heterocycles. The molecule has 0 bridgehead atoms. The predicted molar refractivity (Wildman–Crippen MR) is 93.1 cm³/mol. The fourth-order valence-electron chi connectivity index (χ4n) is 2.84. The second-order valence-electron chi connectivity index (χ2n) is 5.95. The fraction of sp³-hybridized carbons (Fsp3) is 0.389. The fourth-order valence-corrected chi connectivity index (χ4v) is 3.50. The summed E-state index contributed by atoms with van der Waals surface area (Å²) in [7, 11) is 0. The van der Waals surface area contributed by atoms with Gasteiger partial charge in [-0.1, -0.05) is 0 Å². The molecule has 2 aromatic heterocycles. The van der Waals surface area contributed by atoms with E-state index in [0.29, 0.717) is 11.7 Å². The Morgan fingerprint density at radius 3 is 2.96 bits per heavy atom. The van der Waals surface area contributed by atoms with Crippen LogP contribution in [0.1, 0.15) is 24.2 Å². The van der Waals surface area contributed by atoms with Crippen LogP contribution in [0, 0.1) is 5.92 Å². The molecule has 1 saturated heterocycles. The summed E-state index contributed by atoms with van der Waals surface area (Å²) in [4.78, 5) is 14.3. The molecule has 1 fully saturated rings. The van der Waals surface area contributed by atoms with Crippen molar-refractivity contribution in [2.24, 2.45) is 5.92 Å². The molecule has 1 aliphatic rings. The van der Waals surface area contributed by atoms with Gasteiger partial charge in [0.1, 0.15) is 5.76 Å². The number of nitrogens with zero attached hydrogens (tertiary/aromatic N) is 1. The Morgan fingerprint density at radius 2 is 2.26 bits per heavy atom. The molecular formula is C18H22N2O2S. The Hall–Kier alpha value is -1.85. The Kier molecular flexibility index (Phi) is 5.66. The lowest BCUT2D eigenvalue weighted by molar-refractivity contribution is -0.116.